The van der Waals surface area contributed by atoms with Gasteiger partial charge >= 0.3 is 0 Å². The second kappa shape index (κ2) is 5.46. The van der Waals surface area contributed by atoms with E-state index in [9.17, 15) is 13.6 Å². The highest BCUT2D eigenvalue weighted by Crippen LogP contribution is 2.30. The molecule has 0 aliphatic heterocycles. The fourth-order valence-electron chi connectivity index (χ4n) is 2.02. The molecule has 1 saturated carbocycles. The molecule has 0 heterocycles. The van der Waals surface area contributed by atoms with Crippen LogP contribution >= 0.6 is 0 Å². The first kappa shape index (κ1) is 13.0. The number of amides is 1. The third-order valence-electron chi connectivity index (χ3n) is 3.13. The van der Waals surface area contributed by atoms with Crippen molar-refractivity contribution in [2.24, 2.45) is 5.92 Å². The fraction of sp³-hybridized carbons (Fsp3) is 0.500. The first-order chi connectivity index (χ1) is 8.63. The number of rotatable bonds is 5. The summed E-state index contributed by atoms with van der Waals surface area (Å²) in [7, 11) is 0. The van der Waals surface area contributed by atoms with E-state index in [4.69, 9.17) is 0 Å². The van der Waals surface area contributed by atoms with Gasteiger partial charge in [0.25, 0.3) is 5.91 Å². The Labute approximate surface area is 106 Å². The summed E-state index contributed by atoms with van der Waals surface area (Å²) in [6.45, 7) is 3.11. The van der Waals surface area contributed by atoms with Crippen molar-refractivity contribution in [3.63, 3.8) is 0 Å². The van der Waals surface area contributed by atoms with Gasteiger partial charge in [0.1, 0.15) is 17.2 Å². The molecule has 1 amide bonds. The molecule has 1 aliphatic carbocycles. The smallest absolute Gasteiger partial charge is 0.259 e. The standard InChI is InChI=1S/C14H17F2NO/c1-2-8-17(9-10-6-7-10)14(18)13-11(15)4-3-5-12(13)16/h3-5,10H,2,6-9H2,1H3. The zero-order chi connectivity index (χ0) is 13.1. The second-order valence-corrected chi connectivity index (χ2v) is 4.79. The molecule has 1 aromatic carbocycles. The van der Waals surface area contributed by atoms with Gasteiger partial charge in [-0.05, 0) is 37.3 Å². The van der Waals surface area contributed by atoms with E-state index >= 15 is 0 Å². The minimum atomic E-state index is -0.781. The molecule has 0 radical (unpaired) electrons. The molecule has 1 aliphatic rings. The quantitative estimate of drug-likeness (QED) is 0.789. The lowest BCUT2D eigenvalue weighted by atomic mass is 10.1. The Hall–Kier alpha value is -1.45. The minimum absolute atomic E-state index is 0.424. The van der Waals surface area contributed by atoms with E-state index < -0.39 is 23.1 Å². The molecule has 0 N–H and O–H groups in total. The summed E-state index contributed by atoms with van der Waals surface area (Å²) in [5.74, 6) is -1.58. The molecular formula is C14H17F2NO. The van der Waals surface area contributed by atoms with Crippen LogP contribution in [0.1, 0.15) is 36.5 Å². The predicted octanol–water partition coefficient (Wildman–Crippen LogP) is 3.23. The summed E-state index contributed by atoms with van der Waals surface area (Å²) in [5, 5.41) is 0. The Morgan fingerprint density at radius 1 is 1.33 bits per heavy atom. The van der Waals surface area contributed by atoms with Crippen LogP contribution in [0.3, 0.4) is 0 Å². The van der Waals surface area contributed by atoms with E-state index in [1.807, 2.05) is 6.92 Å². The van der Waals surface area contributed by atoms with Crippen LogP contribution in [0.15, 0.2) is 18.2 Å². The molecule has 1 aromatic rings. The number of carbonyl (C=O) groups is 1. The van der Waals surface area contributed by atoms with Crippen molar-refractivity contribution < 1.29 is 13.6 Å². The average Bonchev–Trinajstić information content (AvgIpc) is 3.12. The molecule has 98 valence electrons. The lowest BCUT2D eigenvalue weighted by Gasteiger charge is -2.22. The maximum Gasteiger partial charge on any atom is 0.259 e. The number of benzene rings is 1. The van der Waals surface area contributed by atoms with Crippen LogP contribution in [0.2, 0.25) is 0 Å². The van der Waals surface area contributed by atoms with E-state index in [0.29, 0.717) is 19.0 Å². The molecule has 0 aromatic heterocycles. The Bertz CT molecular complexity index is 423. The van der Waals surface area contributed by atoms with Crippen molar-refractivity contribution in [1.29, 1.82) is 0 Å². The predicted molar refractivity (Wildman–Crippen MR) is 65.3 cm³/mol. The Balaban J connectivity index is 2.20. The highest BCUT2D eigenvalue weighted by molar-refractivity contribution is 5.94. The Morgan fingerprint density at radius 3 is 2.44 bits per heavy atom. The van der Waals surface area contributed by atoms with Crippen LogP contribution in [0.25, 0.3) is 0 Å². The van der Waals surface area contributed by atoms with Gasteiger partial charge in [-0.3, -0.25) is 4.79 Å². The molecular weight excluding hydrogens is 236 g/mol. The second-order valence-electron chi connectivity index (χ2n) is 4.79. The number of hydrogen-bond donors (Lipinski definition) is 0. The first-order valence-corrected chi connectivity index (χ1v) is 6.36. The average molecular weight is 253 g/mol. The van der Waals surface area contributed by atoms with Crippen molar-refractivity contribution >= 4 is 5.91 Å². The molecule has 2 nitrogen and oxygen atoms in total. The third-order valence-corrected chi connectivity index (χ3v) is 3.13. The molecule has 0 atom stereocenters. The minimum Gasteiger partial charge on any atom is -0.338 e. The summed E-state index contributed by atoms with van der Waals surface area (Å²) in [6.07, 6.45) is 3.00. The van der Waals surface area contributed by atoms with Gasteiger partial charge in [-0.15, -0.1) is 0 Å². The van der Waals surface area contributed by atoms with Gasteiger partial charge in [0.15, 0.2) is 0 Å². The monoisotopic (exact) mass is 253 g/mol. The topological polar surface area (TPSA) is 20.3 Å². The highest BCUT2D eigenvalue weighted by Gasteiger charge is 2.29. The zero-order valence-corrected chi connectivity index (χ0v) is 10.5. The SMILES string of the molecule is CCCN(CC1CC1)C(=O)c1c(F)cccc1F. The fourth-order valence-corrected chi connectivity index (χ4v) is 2.02. The van der Waals surface area contributed by atoms with E-state index in [1.165, 1.54) is 6.07 Å². The van der Waals surface area contributed by atoms with E-state index in [-0.39, 0.29) is 0 Å². The normalized spacial score (nSPS) is 14.6. The molecule has 18 heavy (non-hydrogen) atoms. The molecule has 0 unspecified atom stereocenters. The Morgan fingerprint density at radius 2 is 1.94 bits per heavy atom. The molecule has 0 bridgehead atoms. The summed E-state index contributed by atoms with van der Waals surface area (Å²) < 4.78 is 27.1. The molecule has 4 heteroatoms. The van der Waals surface area contributed by atoms with Gasteiger partial charge in [0.05, 0.1) is 0 Å². The first-order valence-electron chi connectivity index (χ1n) is 6.36. The van der Waals surface area contributed by atoms with Gasteiger partial charge < -0.3 is 4.90 Å². The largest absolute Gasteiger partial charge is 0.338 e. The van der Waals surface area contributed by atoms with Crippen LogP contribution in [-0.4, -0.2) is 23.9 Å². The number of hydrogen-bond acceptors (Lipinski definition) is 1. The molecule has 0 saturated heterocycles. The summed E-state index contributed by atoms with van der Waals surface area (Å²) in [4.78, 5) is 13.8. The van der Waals surface area contributed by atoms with Gasteiger partial charge in [0, 0.05) is 13.1 Å². The third kappa shape index (κ3) is 2.86. The maximum absolute atomic E-state index is 13.6. The number of carbonyl (C=O) groups excluding carboxylic acids is 1. The summed E-state index contributed by atoms with van der Waals surface area (Å²) >= 11 is 0. The summed E-state index contributed by atoms with van der Waals surface area (Å²) in [6, 6.07) is 3.52. The van der Waals surface area contributed by atoms with Gasteiger partial charge in [-0.2, -0.15) is 0 Å². The Kier molecular flexibility index (Phi) is 3.94. The van der Waals surface area contributed by atoms with Crippen LogP contribution in [0.5, 0.6) is 0 Å². The van der Waals surface area contributed by atoms with Crippen molar-refractivity contribution in [3.8, 4) is 0 Å². The molecule has 1 fully saturated rings. The van der Waals surface area contributed by atoms with Crippen LogP contribution in [-0.2, 0) is 0 Å². The van der Waals surface area contributed by atoms with Crippen molar-refractivity contribution in [2.45, 2.75) is 26.2 Å². The van der Waals surface area contributed by atoms with Gasteiger partial charge in [-0.1, -0.05) is 13.0 Å². The zero-order valence-electron chi connectivity index (χ0n) is 10.5. The highest BCUT2D eigenvalue weighted by atomic mass is 19.1. The summed E-state index contributed by atoms with van der Waals surface area (Å²) in [5.41, 5.74) is -0.424. The number of halogens is 2. The van der Waals surface area contributed by atoms with Crippen LogP contribution < -0.4 is 0 Å². The van der Waals surface area contributed by atoms with E-state index in [0.717, 1.165) is 31.4 Å². The van der Waals surface area contributed by atoms with Crippen molar-refractivity contribution in [2.75, 3.05) is 13.1 Å². The van der Waals surface area contributed by atoms with Crippen molar-refractivity contribution in [3.05, 3.63) is 35.4 Å². The number of nitrogens with zero attached hydrogens (tertiary/aromatic N) is 1. The van der Waals surface area contributed by atoms with E-state index in [1.54, 1.807) is 4.90 Å². The van der Waals surface area contributed by atoms with Gasteiger partial charge in [0.2, 0.25) is 0 Å². The molecule has 2 rings (SSSR count). The lowest BCUT2D eigenvalue weighted by molar-refractivity contribution is 0.0738. The maximum atomic E-state index is 13.6. The van der Waals surface area contributed by atoms with Gasteiger partial charge in [-0.25, -0.2) is 8.78 Å². The van der Waals surface area contributed by atoms with Crippen LogP contribution in [0.4, 0.5) is 8.78 Å². The van der Waals surface area contributed by atoms with E-state index in [2.05, 4.69) is 0 Å². The van der Waals surface area contributed by atoms with Crippen molar-refractivity contribution in [1.82, 2.24) is 4.90 Å². The molecule has 0 spiro atoms. The van der Waals surface area contributed by atoms with Crippen LogP contribution in [0, 0.1) is 17.6 Å². The lowest BCUT2D eigenvalue weighted by Crippen LogP contribution is -2.34.